The molecule has 2 aliphatic rings. The highest BCUT2D eigenvalue weighted by Crippen LogP contribution is 2.19. The maximum atomic E-state index is 11.7. The molecule has 19 heavy (non-hydrogen) atoms. The molecule has 0 atom stereocenters. The minimum atomic E-state index is 0.156. The zero-order chi connectivity index (χ0) is 13.7. The second-order valence-corrected chi connectivity index (χ2v) is 6.18. The number of likely N-dealkylation sites (tertiary alicyclic amines) is 1. The van der Waals surface area contributed by atoms with Crippen LogP contribution < -0.4 is 5.32 Å². The van der Waals surface area contributed by atoms with Crippen LogP contribution in [0.4, 0.5) is 0 Å². The van der Waals surface area contributed by atoms with Crippen LogP contribution in [-0.2, 0) is 9.53 Å². The fraction of sp³-hybridized carbons (Fsp3) is 0.933. The predicted octanol–water partition coefficient (Wildman–Crippen LogP) is 1.44. The monoisotopic (exact) mass is 268 g/mol. The summed E-state index contributed by atoms with van der Waals surface area (Å²) in [6.07, 6.45) is 5.31. The van der Waals surface area contributed by atoms with Gasteiger partial charge in [-0.1, -0.05) is 13.8 Å². The van der Waals surface area contributed by atoms with Gasteiger partial charge in [-0.15, -0.1) is 0 Å². The topological polar surface area (TPSA) is 41.6 Å². The van der Waals surface area contributed by atoms with Crippen molar-refractivity contribution in [2.45, 2.75) is 51.7 Å². The zero-order valence-electron chi connectivity index (χ0n) is 12.4. The van der Waals surface area contributed by atoms with E-state index in [0.717, 1.165) is 51.9 Å². The Morgan fingerprint density at radius 1 is 1.16 bits per heavy atom. The molecule has 0 spiro atoms. The molecule has 0 aromatic heterocycles. The Bertz CT molecular complexity index is 280. The fourth-order valence-corrected chi connectivity index (χ4v) is 2.81. The van der Waals surface area contributed by atoms with Crippen LogP contribution in [0.5, 0.6) is 0 Å². The van der Waals surface area contributed by atoms with Gasteiger partial charge < -0.3 is 10.1 Å². The van der Waals surface area contributed by atoms with Crippen LogP contribution in [0.25, 0.3) is 0 Å². The van der Waals surface area contributed by atoms with Crippen LogP contribution in [0.15, 0.2) is 0 Å². The van der Waals surface area contributed by atoms with Crippen molar-refractivity contribution in [2.75, 3.05) is 32.7 Å². The van der Waals surface area contributed by atoms with Crippen molar-refractivity contribution in [2.24, 2.45) is 5.92 Å². The minimum Gasteiger partial charge on any atom is -0.375 e. The lowest BCUT2D eigenvalue weighted by molar-refractivity contribution is -0.124. The van der Waals surface area contributed by atoms with Gasteiger partial charge in [0.1, 0.15) is 5.78 Å². The number of nitrogens with one attached hydrogen (secondary N) is 1. The second-order valence-electron chi connectivity index (χ2n) is 6.18. The van der Waals surface area contributed by atoms with Gasteiger partial charge in [-0.3, -0.25) is 9.69 Å². The van der Waals surface area contributed by atoms with E-state index >= 15 is 0 Å². The van der Waals surface area contributed by atoms with Crippen molar-refractivity contribution in [1.29, 1.82) is 0 Å². The first kappa shape index (κ1) is 14.9. The average molecular weight is 268 g/mol. The number of ether oxygens (including phenoxy) is 1. The zero-order valence-corrected chi connectivity index (χ0v) is 12.4. The largest absolute Gasteiger partial charge is 0.375 e. The highest BCUT2D eigenvalue weighted by Gasteiger charge is 2.25. The summed E-state index contributed by atoms with van der Waals surface area (Å²) in [5.41, 5.74) is 0. The Morgan fingerprint density at radius 3 is 2.32 bits per heavy atom. The summed E-state index contributed by atoms with van der Waals surface area (Å²) in [7, 11) is 0. The molecule has 2 aliphatic heterocycles. The average Bonchev–Trinajstić information content (AvgIpc) is 2.42. The molecule has 2 fully saturated rings. The number of hydrogen-bond donors (Lipinski definition) is 1. The quantitative estimate of drug-likeness (QED) is 0.819. The first-order chi connectivity index (χ1) is 9.15. The van der Waals surface area contributed by atoms with Crippen molar-refractivity contribution in [3.63, 3.8) is 0 Å². The van der Waals surface area contributed by atoms with Gasteiger partial charge in [0, 0.05) is 19.0 Å². The van der Waals surface area contributed by atoms with E-state index in [0.29, 0.717) is 24.5 Å². The van der Waals surface area contributed by atoms with Crippen molar-refractivity contribution in [3.8, 4) is 0 Å². The van der Waals surface area contributed by atoms with Gasteiger partial charge in [0.05, 0.1) is 18.8 Å². The molecule has 2 heterocycles. The molecule has 0 aliphatic carbocycles. The Labute approximate surface area is 116 Å². The van der Waals surface area contributed by atoms with Crippen molar-refractivity contribution in [3.05, 3.63) is 0 Å². The number of carbonyl (C=O) groups is 1. The van der Waals surface area contributed by atoms with E-state index in [-0.39, 0.29) is 5.92 Å². The van der Waals surface area contributed by atoms with Crippen molar-refractivity contribution >= 4 is 5.78 Å². The van der Waals surface area contributed by atoms with Gasteiger partial charge in [-0.2, -0.15) is 0 Å². The Hall–Kier alpha value is -0.450. The third kappa shape index (κ3) is 4.86. The summed E-state index contributed by atoms with van der Waals surface area (Å²) in [6.45, 7) is 8.78. The van der Waals surface area contributed by atoms with Crippen LogP contribution in [0, 0.1) is 5.92 Å². The molecule has 4 nitrogen and oxygen atoms in total. The van der Waals surface area contributed by atoms with Crippen LogP contribution in [0.3, 0.4) is 0 Å². The van der Waals surface area contributed by atoms with E-state index in [4.69, 9.17) is 4.74 Å². The number of nitrogens with zero attached hydrogens (tertiary/aromatic N) is 1. The van der Waals surface area contributed by atoms with Gasteiger partial charge in [0.2, 0.25) is 0 Å². The summed E-state index contributed by atoms with van der Waals surface area (Å²) < 4.78 is 6.18. The number of carbonyl (C=O) groups excluding carboxylic acids is 1. The Kier molecular flexibility index (Phi) is 5.79. The second kappa shape index (κ2) is 7.36. The molecule has 0 amide bonds. The lowest BCUT2D eigenvalue weighted by Crippen LogP contribution is -2.43. The molecule has 1 N–H and O–H groups in total. The fourth-order valence-electron chi connectivity index (χ4n) is 2.81. The van der Waals surface area contributed by atoms with Crippen LogP contribution >= 0.6 is 0 Å². The standard InChI is InChI=1S/C15H28N2O2/c1-12(2)15(18)11-17-9-5-14(6-10-17)19-13-3-7-16-8-4-13/h12-14,16H,3-11H2,1-2H3. The van der Waals surface area contributed by atoms with Gasteiger partial charge in [0.15, 0.2) is 0 Å². The third-order valence-electron chi connectivity index (χ3n) is 4.23. The molecular formula is C15H28N2O2. The van der Waals surface area contributed by atoms with Crippen LogP contribution in [-0.4, -0.2) is 55.6 Å². The molecular weight excluding hydrogens is 240 g/mol. The van der Waals surface area contributed by atoms with E-state index in [2.05, 4.69) is 10.2 Å². The number of ketones is 1. The molecule has 0 aromatic rings. The summed E-state index contributed by atoms with van der Waals surface area (Å²) in [5, 5.41) is 3.37. The minimum absolute atomic E-state index is 0.156. The van der Waals surface area contributed by atoms with Gasteiger partial charge in [-0.25, -0.2) is 0 Å². The molecule has 0 bridgehead atoms. The number of piperidine rings is 2. The van der Waals surface area contributed by atoms with Crippen molar-refractivity contribution < 1.29 is 9.53 Å². The molecule has 0 radical (unpaired) electrons. The molecule has 110 valence electrons. The van der Waals surface area contributed by atoms with Crippen LogP contribution in [0.1, 0.15) is 39.5 Å². The highest BCUT2D eigenvalue weighted by molar-refractivity contribution is 5.82. The van der Waals surface area contributed by atoms with Gasteiger partial charge in [0.25, 0.3) is 0 Å². The molecule has 0 aromatic carbocycles. The van der Waals surface area contributed by atoms with E-state index in [1.54, 1.807) is 0 Å². The van der Waals surface area contributed by atoms with Crippen molar-refractivity contribution in [1.82, 2.24) is 10.2 Å². The predicted molar refractivity (Wildman–Crippen MR) is 76.3 cm³/mol. The van der Waals surface area contributed by atoms with E-state index in [1.165, 1.54) is 0 Å². The molecule has 2 rings (SSSR count). The van der Waals surface area contributed by atoms with Gasteiger partial charge in [-0.05, 0) is 38.8 Å². The molecule has 0 saturated carbocycles. The SMILES string of the molecule is CC(C)C(=O)CN1CCC(OC2CCNCC2)CC1. The van der Waals surface area contributed by atoms with E-state index < -0.39 is 0 Å². The van der Waals surface area contributed by atoms with Crippen LogP contribution in [0.2, 0.25) is 0 Å². The Morgan fingerprint density at radius 2 is 1.74 bits per heavy atom. The molecule has 0 unspecified atom stereocenters. The first-order valence-electron chi connectivity index (χ1n) is 7.76. The summed E-state index contributed by atoms with van der Waals surface area (Å²) in [5.74, 6) is 0.515. The molecule has 2 saturated heterocycles. The lowest BCUT2D eigenvalue weighted by Gasteiger charge is -2.34. The Balaban J connectivity index is 1.65. The number of rotatable bonds is 5. The van der Waals surface area contributed by atoms with E-state index in [9.17, 15) is 4.79 Å². The number of Topliss-reactive ketones (excluding diaryl/α,β-unsaturated/α-hetero) is 1. The summed E-state index contributed by atoms with van der Waals surface area (Å²) in [6, 6.07) is 0. The normalized spacial score (nSPS) is 23.9. The van der Waals surface area contributed by atoms with Gasteiger partial charge >= 0.3 is 0 Å². The summed E-state index contributed by atoms with van der Waals surface area (Å²) in [4.78, 5) is 14.0. The smallest absolute Gasteiger partial charge is 0.149 e. The first-order valence-corrected chi connectivity index (χ1v) is 7.76. The molecule has 4 heteroatoms. The maximum absolute atomic E-state index is 11.7. The highest BCUT2D eigenvalue weighted by atomic mass is 16.5. The number of hydrogen-bond acceptors (Lipinski definition) is 4. The third-order valence-corrected chi connectivity index (χ3v) is 4.23. The summed E-state index contributed by atoms with van der Waals surface area (Å²) >= 11 is 0. The maximum Gasteiger partial charge on any atom is 0.149 e. The lowest BCUT2D eigenvalue weighted by atomic mass is 10.0. The van der Waals surface area contributed by atoms with E-state index in [1.807, 2.05) is 13.8 Å².